The zero-order chi connectivity index (χ0) is 18.8. The van der Waals surface area contributed by atoms with Crippen LogP contribution in [0, 0.1) is 31.5 Å². The van der Waals surface area contributed by atoms with E-state index in [2.05, 4.69) is 55.2 Å². The van der Waals surface area contributed by atoms with E-state index in [1.165, 1.54) is 16.7 Å². The van der Waals surface area contributed by atoms with Crippen molar-refractivity contribution < 1.29 is 4.39 Å². The highest BCUT2D eigenvalue weighted by Crippen LogP contribution is 2.22. The normalized spacial score (nSPS) is 10.5. The molecule has 0 radical (unpaired) electrons. The van der Waals surface area contributed by atoms with Crippen LogP contribution in [0.15, 0.2) is 78.9 Å². The van der Waals surface area contributed by atoms with E-state index in [4.69, 9.17) is 0 Å². The van der Waals surface area contributed by atoms with Crippen LogP contribution in [-0.4, -0.2) is 0 Å². The van der Waals surface area contributed by atoms with Gasteiger partial charge in [0.15, 0.2) is 0 Å². The number of halogens is 1. The van der Waals surface area contributed by atoms with Gasteiger partial charge >= 0.3 is 0 Å². The molecule has 0 fully saturated rings. The average Bonchev–Trinajstić information content (AvgIpc) is 2.70. The van der Waals surface area contributed by atoms with Crippen LogP contribution >= 0.6 is 0 Å². The van der Waals surface area contributed by atoms with Crippen LogP contribution in [0.3, 0.4) is 0 Å². The van der Waals surface area contributed by atoms with Crippen molar-refractivity contribution in [3.8, 4) is 23.0 Å². The number of benzene rings is 4. The predicted molar refractivity (Wildman–Crippen MR) is 111 cm³/mol. The van der Waals surface area contributed by atoms with Crippen LogP contribution in [0.5, 0.6) is 0 Å². The minimum Gasteiger partial charge on any atom is -0.206 e. The lowest BCUT2D eigenvalue weighted by Crippen LogP contribution is -1.86. The highest BCUT2D eigenvalue weighted by atomic mass is 19.1. The molecule has 0 nitrogen and oxygen atoms in total. The summed E-state index contributed by atoms with van der Waals surface area (Å²) in [5, 5.41) is 1.52. The predicted octanol–water partition coefficient (Wildman–Crippen LogP) is 6.66. The first-order valence-corrected chi connectivity index (χ1v) is 8.98. The molecule has 0 saturated heterocycles. The Bertz CT molecular complexity index is 1170. The molecule has 0 N–H and O–H groups in total. The van der Waals surface area contributed by atoms with Gasteiger partial charge in [0.05, 0.1) is 0 Å². The number of hydrogen-bond donors (Lipinski definition) is 0. The van der Waals surface area contributed by atoms with Crippen LogP contribution < -0.4 is 0 Å². The molecule has 27 heavy (non-hydrogen) atoms. The summed E-state index contributed by atoms with van der Waals surface area (Å²) in [5.74, 6) is 6.22. The summed E-state index contributed by atoms with van der Waals surface area (Å²) in [6.45, 7) is 3.87. The minimum absolute atomic E-state index is 0.154. The van der Waals surface area contributed by atoms with Gasteiger partial charge in [-0.3, -0.25) is 0 Å². The highest BCUT2D eigenvalue weighted by molar-refractivity contribution is 5.85. The lowest BCUT2D eigenvalue weighted by molar-refractivity contribution is 0.631. The summed E-state index contributed by atoms with van der Waals surface area (Å²) in [6, 6.07) is 26.1. The summed E-state index contributed by atoms with van der Waals surface area (Å²) >= 11 is 0. The second kappa shape index (κ2) is 7.09. The third kappa shape index (κ3) is 3.61. The largest absolute Gasteiger partial charge is 0.206 e. The van der Waals surface area contributed by atoms with Crippen LogP contribution in [0.1, 0.15) is 22.3 Å². The van der Waals surface area contributed by atoms with Gasteiger partial charge in [-0.15, -0.1) is 0 Å². The van der Waals surface area contributed by atoms with E-state index in [-0.39, 0.29) is 5.82 Å². The van der Waals surface area contributed by atoms with E-state index in [9.17, 15) is 4.39 Å². The molecule has 0 aliphatic heterocycles. The maximum Gasteiger partial charge on any atom is 0.133 e. The molecule has 1 heteroatoms. The van der Waals surface area contributed by atoms with Crippen molar-refractivity contribution in [2.45, 2.75) is 13.8 Å². The van der Waals surface area contributed by atoms with Crippen molar-refractivity contribution in [3.63, 3.8) is 0 Å². The quantitative estimate of drug-likeness (QED) is 0.337. The molecule has 0 unspecified atom stereocenters. The minimum atomic E-state index is -0.154. The molecule has 130 valence electrons. The summed E-state index contributed by atoms with van der Waals surface area (Å²) in [7, 11) is 0. The Kier molecular flexibility index (Phi) is 4.48. The SMILES string of the molecule is Cc1ccc(-c2ccc(C#Cc3ccc4c(F)c(C)ccc4c3)cc2)cc1. The van der Waals surface area contributed by atoms with Gasteiger partial charge in [0.2, 0.25) is 0 Å². The van der Waals surface area contributed by atoms with Crippen LogP contribution in [0.25, 0.3) is 21.9 Å². The van der Waals surface area contributed by atoms with Gasteiger partial charge in [0.25, 0.3) is 0 Å². The van der Waals surface area contributed by atoms with E-state index >= 15 is 0 Å². The lowest BCUT2D eigenvalue weighted by atomic mass is 10.0. The maximum atomic E-state index is 14.1. The molecule has 0 amide bonds. The smallest absolute Gasteiger partial charge is 0.133 e. The third-order valence-corrected chi connectivity index (χ3v) is 4.77. The Morgan fingerprint density at radius 1 is 0.630 bits per heavy atom. The summed E-state index contributed by atoms with van der Waals surface area (Å²) in [5.41, 5.74) is 6.14. The second-order valence-corrected chi connectivity index (χ2v) is 6.83. The van der Waals surface area contributed by atoms with E-state index in [1.54, 1.807) is 13.0 Å². The van der Waals surface area contributed by atoms with E-state index in [0.29, 0.717) is 10.9 Å². The molecule has 0 aliphatic rings. The molecule has 0 aliphatic carbocycles. The standard InChI is InChI=1S/C26H19F/c1-18-3-11-22(12-4-18)23-14-8-20(9-15-23)6-7-21-10-16-25-24(17-21)13-5-19(2)26(25)27/h3-5,8-17H,1-2H3. The fourth-order valence-electron chi connectivity index (χ4n) is 3.11. The fourth-order valence-corrected chi connectivity index (χ4v) is 3.11. The molecule has 0 spiro atoms. The molecular formula is C26H19F. The fraction of sp³-hybridized carbons (Fsp3) is 0.0769. The van der Waals surface area contributed by atoms with Crippen molar-refractivity contribution in [1.29, 1.82) is 0 Å². The van der Waals surface area contributed by atoms with Crippen molar-refractivity contribution in [3.05, 3.63) is 107 Å². The van der Waals surface area contributed by atoms with Gasteiger partial charge in [-0.1, -0.05) is 72.0 Å². The number of rotatable bonds is 1. The highest BCUT2D eigenvalue weighted by Gasteiger charge is 2.04. The van der Waals surface area contributed by atoms with E-state index in [0.717, 1.165) is 16.5 Å². The summed E-state index contributed by atoms with van der Waals surface area (Å²) in [6.07, 6.45) is 0. The van der Waals surface area contributed by atoms with Crippen molar-refractivity contribution in [1.82, 2.24) is 0 Å². The Balaban J connectivity index is 1.60. The first-order chi connectivity index (χ1) is 13.1. The van der Waals surface area contributed by atoms with Crippen molar-refractivity contribution in [2.75, 3.05) is 0 Å². The topological polar surface area (TPSA) is 0 Å². The lowest BCUT2D eigenvalue weighted by Gasteiger charge is -2.03. The first-order valence-electron chi connectivity index (χ1n) is 8.98. The first kappa shape index (κ1) is 17.1. The molecule has 0 aromatic heterocycles. The van der Waals surface area contributed by atoms with Crippen LogP contribution in [0.2, 0.25) is 0 Å². The monoisotopic (exact) mass is 350 g/mol. The molecule has 4 aromatic rings. The molecule has 0 heterocycles. The van der Waals surface area contributed by atoms with Crippen LogP contribution in [-0.2, 0) is 0 Å². The summed E-state index contributed by atoms with van der Waals surface area (Å²) < 4.78 is 14.1. The molecular weight excluding hydrogens is 331 g/mol. The second-order valence-electron chi connectivity index (χ2n) is 6.83. The van der Waals surface area contributed by atoms with Gasteiger partial charge in [-0.2, -0.15) is 0 Å². The van der Waals surface area contributed by atoms with Crippen molar-refractivity contribution >= 4 is 10.8 Å². The van der Waals surface area contributed by atoms with Gasteiger partial charge in [0.1, 0.15) is 5.82 Å². The zero-order valence-electron chi connectivity index (χ0n) is 15.4. The number of fused-ring (bicyclic) bond motifs is 1. The Labute approximate surface area is 159 Å². The van der Waals surface area contributed by atoms with Crippen molar-refractivity contribution in [2.24, 2.45) is 0 Å². The molecule has 0 bridgehead atoms. The van der Waals surface area contributed by atoms with E-state index < -0.39 is 0 Å². The van der Waals surface area contributed by atoms with Crippen LogP contribution in [0.4, 0.5) is 4.39 Å². The Morgan fingerprint density at radius 3 is 1.93 bits per heavy atom. The average molecular weight is 350 g/mol. The van der Waals surface area contributed by atoms with Gasteiger partial charge in [0, 0.05) is 16.5 Å². The summed E-state index contributed by atoms with van der Waals surface area (Å²) in [4.78, 5) is 0. The number of hydrogen-bond acceptors (Lipinski definition) is 0. The zero-order valence-corrected chi connectivity index (χ0v) is 15.4. The maximum absolute atomic E-state index is 14.1. The third-order valence-electron chi connectivity index (χ3n) is 4.77. The van der Waals surface area contributed by atoms with Gasteiger partial charge in [-0.05, 0) is 60.2 Å². The van der Waals surface area contributed by atoms with Gasteiger partial charge < -0.3 is 0 Å². The molecule has 4 rings (SSSR count). The Morgan fingerprint density at radius 2 is 1.22 bits per heavy atom. The molecule has 0 atom stereocenters. The Hall–Kier alpha value is -3.37. The van der Waals surface area contributed by atoms with Gasteiger partial charge in [-0.25, -0.2) is 4.39 Å². The number of aryl methyl sites for hydroxylation is 2. The van der Waals surface area contributed by atoms with E-state index in [1.807, 2.05) is 36.4 Å². The molecule has 0 saturated carbocycles. The molecule has 4 aromatic carbocycles.